The topological polar surface area (TPSA) is 75.4 Å². The average Bonchev–Trinajstić information content (AvgIpc) is 2.53. The third-order valence-corrected chi connectivity index (χ3v) is 6.32. The molecule has 3 N–H and O–H groups in total. The minimum absolute atomic E-state index is 0.0530. The lowest BCUT2D eigenvalue weighted by Crippen LogP contribution is -2.64. The van der Waals surface area contributed by atoms with Crippen molar-refractivity contribution >= 4 is 11.9 Å². The number of hydrazine groups is 1. The van der Waals surface area contributed by atoms with Crippen LogP contribution in [0.4, 0.5) is 4.79 Å². The van der Waals surface area contributed by atoms with Crippen LogP contribution in [-0.2, 0) is 4.79 Å². The number of amides is 3. The fourth-order valence-corrected chi connectivity index (χ4v) is 5.74. The number of urea groups is 1. The summed E-state index contributed by atoms with van der Waals surface area (Å²) in [5.41, 5.74) is -0.836. The predicted octanol–water partition coefficient (Wildman–Crippen LogP) is 1.39. The van der Waals surface area contributed by atoms with Gasteiger partial charge in [0.1, 0.15) is 5.54 Å². The highest BCUT2D eigenvalue weighted by molar-refractivity contribution is 6.06. The molecule has 0 spiro atoms. The molecule has 1 atom stereocenters. The lowest BCUT2D eigenvalue weighted by molar-refractivity contribution is -0.148. The Morgan fingerprint density at radius 3 is 1.95 bits per heavy atom. The summed E-state index contributed by atoms with van der Waals surface area (Å²) in [6.45, 7) is 1.90. The zero-order valence-electron chi connectivity index (χ0n) is 11.3. The fourth-order valence-electron chi connectivity index (χ4n) is 5.74. The molecule has 0 radical (unpaired) electrons. The van der Waals surface area contributed by atoms with Gasteiger partial charge in [0, 0.05) is 5.41 Å². The number of nitrogens with one attached hydrogen (secondary N) is 1. The number of rotatable bonds is 1. The maximum absolute atomic E-state index is 12.5. The molecule has 0 aromatic carbocycles. The smallest absolute Gasteiger partial charge is 0.322 e. The first-order valence-corrected chi connectivity index (χ1v) is 7.35. The van der Waals surface area contributed by atoms with E-state index in [9.17, 15) is 9.59 Å². The summed E-state index contributed by atoms with van der Waals surface area (Å²) in [6, 6.07) is -0.441. The van der Waals surface area contributed by atoms with Crippen molar-refractivity contribution in [1.82, 2.24) is 10.3 Å². The number of nitrogens with zero attached hydrogens (tertiary/aromatic N) is 1. The monoisotopic (exact) mass is 263 g/mol. The predicted molar refractivity (Wildman–Crippen MR) is 68.6 cm³/mol. The largest absolute Gasteiger partial charge is 0.339 e. The molecule has 1 aliphatic heterocycles. The van der Waals surface area contributed by atoms with Gasteiger partial charge >= 0.3 is 6.03 Å². The number of carbonyl (C=O) groups excluding carboxylic acids is 2. The molecule has 0 aromatic heterocycles. The third-order valence-electron chi connectivity index (χ3n) is 6.32. The highest BCUT2D eigenvalue weighted by Crippen LogP contribution is 2.64. The number of imide groups is 1. The van der Waals surface area contributed by atoms with Crippen LogP contribution < -0.4 is 11.2 Å². The SMILES string of the molecule is CC1(C23CC4CC(CC(C4)C2)C3)NC(=O)N(N)C1=O. The van der Waals surface area contributed by atoms with Crippen LogP contribution in [0.2, 0.25) is 0 Å². The van der Waals surface area contributed by atoms with E-state index in [1.54, 1.807) is 0 Å². The molecule has 5 nitrogen and oxygen atoms in total. The van der Waals surface area contributed by atoms with Crippen LogP contribution in [0.1, 0.15) is 45.4 Å². The van der Waals surface area contributed by atoms with Crippen LogP contribution in [0, 0.1) is 23.2 Å². The molecular formula is C14H21N3O2. The molecule has 3 amide bonds. The van der Waals surface area contributed by atoms with Gasteiger partial charge in [-0.2, -0.15) is 5.01 Å². The molecule has 1 heterocycles. The molecule has 0 aromatic rings. The van der Waals surface area contributed by atoms with Crippen LogP contribution in [0.15, 0.2) is 0 Å². The van der Waals surface area contributed by atoms with Crippen LogP contribution in [0.25, 0.3) is 0 Å². The fraction of sp³-hybridized carbons (Fsp3) is 0.857. The molecule has 19 heavy (non-hydrogen) atoms. The second-order valence-corrected chi connectivity index (χ2v) is 7.43. The molecule has 5 fully saturated rings. The van der Waals surface area contributed by atoms with Gasteiger partial charge in [0.05, 0.1) is 0 Å². The highest BCUT2D eigenvalue weighted by Gasteiger charge is 2.65. The van der Waals surface area contributed by atoms with E-state index in [1.165, 1.54) is 19.3 Å². The Labute approximate surface area is 112 Å². The van der Waals surface area contributed by atoms with E-state index in [1.807, 2.05) is 6.92 Å². The van der Waals surface area contributed by atoms with Gasteiger partial charge in [-0.1, -0.05) is 0 Å². The number of carbonyl (C=O) groups is 2. The van der Waals surface area contributed by atoms with Crippen molar-refractivity contribution < 1.29 is 9.59 Å². The van der Waals surface area contributed by atoms with Crippen molar-refractivity contribution in [2.24, 2.45) is 29.0 Å². The Kier molecular flexibility index (Phi) is 2.04. The standard InChI is InChI=1S/C14H21N3O2/c1-13(11(18)17(15)12(19)16-13)14-5-8-2-9(6-14)4-10(3-8)7-14/h8-10H,2-7,15H2,1H3,(H,16,19). The van der Waals surface area contributed by atoms with Gasteiger partial charge in [0.25, 0.3) is 5.91 Å². The minimum Gasteiger partial charge on any atom is -0.322 e. The summed E-state index contributed by atoms with van der Waals surface area (Å²) in [6.07, 6.45) is 7.21. The summed E-state index contributed by atoms with van der Waals surface area (Å²) >= 11 is 0. The van der Waals surface area contributed by atoms with Crippen molar-refractivity contribution in [3.8, 4) is 0 Å². The highest BCUT2D eigenvalue weighted by atomic mass is 16.2. The Hall–Kier alpha value is -1.10. The van der Waals surface area contributed by atoms with Gasteiger partial charge < -0.3 is 5.32 Å². The Bertz CT molecular complexity index is 440. The summed E-state index contributed by atoms with van der Waals surface area (Å²) in [5, 5.41) is 3.68. The molecule has 104 valence electrons. The molecule has 4 aliphatic carbocycles. The maximum Gasteiger partial charge on any atom is 0.339 e. The Morgan fingerprint density at radius 1 is 1.11 bits per heavy atom. The summed E-state index contributed by atoms with van der Waals surface area (Å²) < 4.78 is 0. The number of hydrogen-bond donors (Lipinski definition) is 2. The van der Waals surface area contributed by atoms with Gasteiger partial charge in [-0.05, 0) is 63.2 Å². The number of hydrogen-bond acceptors (Lipinski definition) is 3. The Morgan fingerprint density at radius 2 is 1.58 bits per heavy atom. The Balaban J connectivity index is 1.76. The molecule has 1 saturated heterocycles. The van der Waals surface area contributed by atoms with Crippen molar-refractivity contribution in [2.45, 2.75) is 51.0 Å². The lowest BCUT2D eigenvalue weighted by Gasteiger charge is -2.61. The summed E-state index contributed by atoms with van der Waals surface area (Å²) in [7, 11) is 0. The normalized spacial score (nSPS) is 51.9. The van der Waals surface area contributed by atoms with E-state index in [2.05, 4.69) is 5.32 Å². The van der Waals surface area contributed by atoms with Crippen LogP contribution in [0.5, 0.6) is 0 Å². The first kappa shape index (κ1) is 11.7. The first-order valence-electron chi connectivity index (χ1n) is 7.35. The molecule has 1 unspecified atom stereocenters. The second-order valence-electron chi connectivity index (χ2n) is 7.43. The average molecular weight is 263 g/mol. The van der Waals surface area contributed by atoms with Crippen LogP contribution in [-0.4, -0.2) is 22.5 Å². The zero-order chi connectivity index (χ0) is 13.4. The maximum atomic E-state index is 12.5. The summed E-state index contributed by atoms with van der Waals surface area (Å²) in [5.74, 6) is 7.60. The van der Waals surface area contributed by atoms with E-state index in [-0.39, 0.29) is 11.3 Å². The molecule has 5 aliphatic rings. The molecule has 4 saturated carbocycles. The van der Waals surface area contributed by atoms with Crippen LogP contribution in [0.3, 0.4) is 0 Å². The van der Waals surface area contributed by atoms with E-state index in [0.29, 0.717) is 0 Å². The van der Waals surface area contributed by atoms with E-state index < -0.39 is 11.6 Å². The van der Waals surface area contributed by atoms with Gasteiger partial charge in [-0.3, -0.25) is 4.79 Å². The number of nitrogens with two attached hydrogens (primary N) is 1. The van der Waals surface area contributed by atoms with Gasteiger partial charge in [-0.25, -0.2) is 10.6 Å². The van der Waals surface area contributed by atoms with E-state index in [4.69, 9.17) is 5.84 Å². The lowest BCUT2D eigenvalue weighted by atomic mass is 9.45. The van der Waals surface area contributed by atoms with Gasteiger partial charge in [0.15, 0.2) is 0 Å². The molecule has 4 bridgehead atoms. The molecule has 5 heteroatoms. The molecular weight excluding hydrogens is 242 g/mol. The van der Waals surface area contributed by atoms with Crippen molar-refractivity contribution in [3.63, 3.8) is 0 Å². The first-order chi connectivity index (χ1) is 8.93. The minimum atomic E-state index is -0.783. The quantitative estimate of drug-likeness (QED) is 0.426. The van der Waals surface area contributed by atoms with Gasteiger partial charge in [-0.15, -0.1) is 0 Å². The second kappa shape index (κ2) is 3.32. The van der Waals surface area contributed by atoms with Crippen molar-refractivity contribution in [3.05, 3.63) is 0 Å². The molecule has 5 rings (SSSR count). The third kappa shape index (κ3) is 1.29. The van der Waals surface area contributed by atoms with E-state index in [0.717, 1.165) is 42.0 Å². The van der Waals surface area contributed by atoms with Crippen LogP contribution >= 0.6 is 0 Å². The zero-order valence-corrected chi connectivity index (χ0v) is 11.3. The van der Waals surface area contributed by atoms with Crippen molar-refractivity contribution in [2.75, 3.05) is 0 Å². The van der Waals surface area contributed by atoms with Crippen molar-refractivity contribution in [1.29, 1.82) is 0 Å². The summed E-state index contributed by atoms with van der Waals surface area (Å²) in [4.78, 5) is 24.2. The van der Waals surface area contributed by atoms with E-state index >= 15 is 0 Å². The van der Waals surface area contributed by atoms with Gasteiger partial charge in [0.2, 0.25) is 0 Å².